The van der Waals surface area contributed by atoms with Gasteiger partial charge in [-0.2, -0.15) is 0 Å². The van der Waals surface area contributed by atoms with E-state index in [-0.39, 0.29) is 0 Å². The number of fused-ring (bicyclic) bond motifs is 1. The molecule has 0 saturated carbocycles. The van der Waals surface area contributed by atoms with E-state index < -0.39 is 0 Å². The maximum Gasteiger partial charge on any atom is 0.179 e. The van der Waals surface area contributed by atoms with Gasteiger partial charge in [0.1, 0.15) is 12.4 Å². The van der Waals surface area contributed by atoms with Crippen LogP contribution in [0.2, 0.25) is 0 Å². The number of aryl methyl sites for hydroxylation is 2. The van der Waals surface area contributed by atoms with Gasteiger partial charge >= 0.3 is 0 Å². The fraction of sp³-hybridized carbons (Fsp3) is 0.250. The Morgan fingerprint density at radius 2 is 2.10 bits per heavy atom. The van der Waals surface area contributed by atoms with E-state index in [4.69, 9.17) is 17.0 Å². The fourth-order valence-corrected chi connectivity index (χ4v) is 2.58. The number of rotatable bonds is 4. The number of H-pyrrole nitrogens is 1. The van der Waals surface area contributed by atoms with E-state index in [1.807, 2.05) is 41.8 Å². The molecule has 108 valence electrons. The Labute approximate surface area is 128 Å². The van der Waals surface area contributed by atoms with E-state index in [1.54, 1.807) is 0 Å². The molecule has 2 aromatic heterocycles. The average molecular weight is 299 g/mol. The van der Waals surface area contributed by atoms with Crippen molar-refractivity contribution in [3.8, 4) is 5.75 Å². The van der Waals surface area contributed by atoms with Crippen molar-refractivity contribution < 1.29 is 4.74 Å². The molecule has 3 aromatic rings. The Hall–Kier alpha value is -2.14. The van der Waals surface area contributed by atoms with E-state index in [9.17, 15) is 0 Å². The van der Waals surface area contributed by atoms with E-state index in [2.05, 4.69) is 23.0 Å². The zero-order chi connectivity index (χ0) is 14.8. The van der Waals surface area contributed by atoms with Crippen LogP contribution in [0.1, 0.15) is 11.3 Å². The molecule has 1 N–H and O–H groups in total. The van der Waals surface area contributed by atoms with Gasteiger partial charge in [0.15, 0.2) is 10.4 Å². The summed E-state index contributed by atoms with van der Waals surface area (Å²) < 4.78 is 8.44. The van der Waals surface area contributed by atoms with Crippen LogP contribution < -0.4 is 4.74 Å². The van der Waals surface area contributed by atoms with Crippen molar-refractivity contribution in [2.24, 2.45) is 0 Å². The van der Waals surface area contributed by atoms with Gasteiger partial charge in [-0.1, -0.05) is 12.1 Å². The molecule has 1 aromatic carbocycles. The van der Waals surface area contributed by atoms with Gasteiger partial charge < -0.3 is 9.72 Å². The number of pyridine rings is 1. The summed E-state index contributed by atoms with van der Waals surface area (Å²) >= 11 is 5.36. The van der Waals surface area contributed by atoms with E-state index in [0.717, 1.165) is 22.6 Å². The first-order valence-corrected chi connectivity index (χ1v) is 7.30. The second-order valence-electron chi connectivity index (χ2n) is 5.07. The van der Waals surface area contributed by atoms with Crippen LogP contribution in [0.5, 0.6) is 5.75 Å². The smallest absolute Gasteiger partial charge is 0.179 e. The van der Waals surface area contributed by atoms with Crippen molar-refractivity contribution in [3.05, 3.63) is 52.4 Å². The van der Waals surface area contributed by atoms with E-state index in [1.165, 1.54) is 5.56 Å². The Kier molecular flexibility index (Phi) is 3.75. The minimum Gasteiger partial charge on any atom is -0.492 e. The normalized spacial score (nSPS) is 11.0. The highest BCUT2D eigenvalue weighted by Crippen LogP contribution is 2.14. The summed E-state index contributed by atoms with van der Waals surface area (Å²) in [5.74, 6) is 0.880. The van der Waals surface area contributed by atoms with Crippen LogP contribution in [0.15, 0.2) is 36.4 Å². The predicted octanol–water partition coefficient (Wildman–Crippen LogP) is 3.79. The molecule has 0 amide bonds. The molecule has 0 unspecified atom stereocenters. The Morgan fingerprint density at radius 3 is 2.90 bits per heavy atom. The molecule has 21 heavy (non-hydrogen) atoms. The van der Waals surface area contributed by atoms with Crippen molar-refractivity contribution >= 4 is 23.4 Å². The number of benzene rings is 1. The van der Waals surface area contributed by atoms with Gasteiger partial charge in [0.05, 0.1) is 12.1 Å². The van der Waals surface area contributed by atoms with Crippen LogP contribution in [0, 0.1) is 18.6 Å². The fourth-order valence-electron chi connectivity index (χ4n) is 2.29. The first kappa shape index (κ1) is 13.8. The summed E-state index contributed by atoms with van der Waals surface area (Å²) in [6.07, 6.45) is 0. The van der Waals surface area contributed by atoms with Crippen LogP contribution in [0.3, 0.4) is 0 Å². The number of hydrogen-bond donors (Lipinski definition) is 1. The van der Waals surface area contributed by atoms with E-state index >= 15 is 0 Å². The quantitative estimate of drug-likeness (QED) is 0.745. The van der Waals surface area contributed by atoms with Crippen LogP contribution in [0.25, 0.3) is 11.2 Å². The summed E-state index contributed by atoms with van der Waals surface area (Å²) in [5.41, 5.74) is 4.01. The number of imidazole rings is 1. The zero-order valence-corrected chi connectivity index (χ0v) is 12.9. The van der Waals surface area contributed by atoms with Crippen LogP contribution in [-0.2, 0) is 6.54 Å². The summed E-state index contributed by atoms with van der Waals surface area (Å²) in [6.45, 7) is 5.25. The van der Waals surface area contributed by atoms with Crippen molar-refractivity contribution in [2.75, 3.05) is 6.61 Å². The van der Waals surface area contributed by atoms with E-state index in [0.29, 0.717) is 17.9 Å². The summed E-state index contributed by atoms with van der Waals surface area (Å²) in [5, 5.41) is 0. The zero-order valence-electron chi connectivity index (χ0n) is 12.1. The highest BCUT2D eigenvalue weighted by molar-refractivity contribution is 7.71. The molecule has 0 aliphatic heterocycles. The molecule has 0 atom stereocenters. The molecule has 2 heterocycles. The molecular weight excluding hydrogens is 282 g/mol. The second kappa shape index (κ2) is 5.69. The molecule has 0 radical (unpaired) electrons. The molecule has 0 aliphatic rings. The highest BCUT2D eigenvalue weighted by atomic mass is 32.1. The van der Waals surface area contributed by atoms with Gasteiger partial charge in [-0.15, -0.1) is 0 Å². The van der Waals surface area contributed by atoms with Crippen LogP contribution >= 0.6 is 12.2 Å². The van der Waals surface area contributed by atoms with Gasteiger partial charge in [0, 0.05) is 5.69 Å². The summed E-state index contributed by atoms with van der Waals surface area (Å²) in [4.78, 5) is 7.72. The lowest BCUT2D eigenvalue weighted by Gasteiger charge is -2.08. The largest absolute Gasteiger partial charge is 0.492 e. The SMILES string of the molecule is Cc1cccc(OCCn2c(=S)[nH]c3ccc(C)nc32)c1. The lowest BCUT2D eigenvalue weighted by molar-refractivity contribution is 0.299. The number of aromatic amines is 1. The first-order valence-electron chi connectivity index (χ1n) is 6.89. The Balaban J connectivity index is 1.78. The maximum atomic E-state index is 5.79. The molecule has 0 spiro atoms. The molecular formula is C16H17N3OS. The lowest BCUT2D eigenvalue weighted by Crippen LogP contribution is -2.09. The summed E-state index contributed by atoms with van der Waals surface area (Å²) in [6, 6.07) is 12.0. The molecule has 0 fully saturated rings. The van der Waals surface area contributed by atoms with Crippen LogP contribution in [0.4, 0.5) is 0 Å². The molecule has 0 aliphatic carbocycles. The van der Waals surface area contributed by atoms with Gasteiger partial charge in [-0.25, -0.2) is 4.98 Å². The van der Waals surface area contributed by atoms with Crippen LogP contribution in [-0.4, -0.2) is 21.1 Å². The number of hydrogen-bond acceptors (Lipinski definition) is 3. The second-order valence-corrected chi connectivity index (χ2v) is 5.46. The van der Waals surface area contributed by atoms with Gasteiger partial charge in [0.2, 0.25) is 0 Å². The number of nitrogens with one attached hydrogen (secondary N) is 1. The van der Waals surface area contributed by atoms with Gasteiger partial charge in [-0.05, 0) is 55.9 Å². The molecule has 0 saturated heterocycles. The van der Waals surface area contributed by atoms with Crippen molar-refractivity contribution in [1.82, 2.24) is 14.5 Å². The number of ether oxygens (including phenoxy) is 1. The third-order valence-electron chi connectivity index (χ3n) is 3.33. The molecule has 5 heteroatoms. The topological polar surface area (TPSA) is 42.8 Å². The summed E-state index contributed by atoms with van der Waals surface area (Å²) in [7, 11) is 0. The number of aromatic nitrogens is 3. The lowest BCUT2D eigenvalue weighted by atomic mass is 10.2. The average Bonchev–Trinajstić information content (AvgIpc) is 2.75. The first-order chi connectivity index (χ1) is 10.1. The predicted molar refractivity (Wildman–Crippen MR) is 86.3 cm³/mol. The van der Waals surface area contributed by atoms with Gasteiger partial charge in [-0.3, -0.25) is 4.57 Å². The van der Waals surface area contributed by atoms with Crippen molar-refractivity contribution in [1.29, 1.82) is 0 Å². The number of nitrogens with zero attached hydrogens (tertiary/aromatic N) is 2. The molecule has 3 rings (SSSR count). The highest BCUT2D eigenvalue weighted by Gasteiger charge is 2.06. The minimum absolute atomic E-state index is 0.556. The maximum absolute atomic E-state index is 5.79. The standard InChI is InChI=1S/C16H17N3OS/c1-11-4-3-5-13(10-11)20-9-8-19-15-14(18-16(19)21)7-6-12(2)17-15/h3-7,10H,8-9H2,1-2H3,(H,18,21). The van der Waals surface area contributed by atoms with Crippen molar-refractivity contribution in [2.45, 2.75) is 20.4 Å². The van der Waals surface area contributed by atoms with Gasteiger partial charge in [0.25, 0.3) is 0 Å². The van der Waals surface area contributed by atoms with Crippen molar-refractivity contribution in [3.63, 3.8) is 0 Å². The molecule has 0 bridgehead atoms. The Bertz CT molecular complexity index is 835. The third-order valence-corrected chi connectivity index (χ3v) is 3.65. The third kappa shape index (κ3) is 2.97. The monoisotopic (exact) mass is 299 g/mol. The molecule has 4 nitrogen and oxygen atoms in total. The minimum atomic E-state index is 0.556. The Morgan fingerprint density at radius 1 is 1.24 bits per heavy atom.